The maximum absolute atomic E-state index is 12.3. The molecule has 9 nitrogen and oxygen atoms in total. The first-order valence-corrected chi connectivity index (χ1v) is 7.17. The molecule has 0 radical (unpaired) electrons. The fourth-order valence-electron chi connectivity index (χ4n) is 2.22. The Balaban J connectivity index is 2.00. The van der Waals surface area contributed by atoms with Gasteiger partial charge in [0.05, 0.1) is 20.9 Å². The number of hydrogen-bond donors (Lipinski definition) is 1. The number of nitro groups is 2. The molecule has 2 aromatic carbocycles. The lowest BCUT2D eigenvalue weighted by Gasteiger charge is -2.06. The highest BCUT2D eigenvalue weighted by molar-refractivity contribution is 6.34. The van der Waals surface area contributed by atoms with Crippen LogP contribution in [0.4, 0.5) is 17.1 Å². The number of nitrogens with zero attached hydrogens (tertiary/aromatic N) is 2. The van der Waals surface area contributed by atoms with Crippen molar-refractivity contribution in [3.63, 3.8) is 0 Å². The number of halogens is 1. The van der Waals surface area contributed by atoms with Crippen molar-refractivity contribution in [2.45, 2.75) is 0 Å². The topological polar surface area (TPSA) is 129 Å². The Kier molecular flexibility index (Phi) is 4.07. The number of carbonyl (C=O) groups excluding carboxylic acids is 1. The highest BCUT2D eigenvalue weighted by atomic mass is 35.5. The van der Waals surface area contributed by atoms with Gasteiger partial charge in [-0.05, 0) is 12.1 Å². The monoisotopic (exact) mass is 361 g/mol. The third kappa shape index (κ3) is 3.12. The second-order valence-corrected chi connectivity index (χ2v) is 5.35. The number of hydrogen-bond acceptors (Lipinski definition) is 6. The molecule has 1 aromatic heterocycles. The van der Waals surface area contributed by atoms with Crippen molar-refractivity contribution in [2.75, 3.05) is 5.32 Å². The number of furan rings is 1. The van der Waals surface area contributed by atoms with Crippen LogP contribution in [-0.4, -0.2) is 15.8 Å². The summed E-state index contributed by atoms with van der Waals surface area (Å²) in [6.07, 6.45) is 0. The van der Waals surface area contributed by atoms with Gasteiger partial charge in [0.1, 0.15) is 11.3 Å². The van der Waals surface area contributed by atoms with Crippen molar-refractivity contribution in [1.82, 2.24) is 0 Å². The van der Waals surface area contributed by atoms with Crippen LogP contribution < -0.4 is 5.32 Å². The summed E-state index contributed by atoms with van der Waals surface area (Å²) >= 11 is 5.88. The lowest BCUT2D eigenvalue weighted by atomic mass is 10.2. The van der Waals surface area contributed by atoms with E-state index in [0.29, 0.717) is 11.0 Å². The minimum Gasteiger partial charge on any atom is -0.451 e. The number of benzene rings is 2. The summed E-state index contributed by atoms with van der Waals surface area (Å²) < 4.78 is 5.37. The van der Waals surface area contributed by atoms with Gasteiger partial charge in [0.15, 0.2) is 5.76 Å². The average molecular weight is 362 g/mol. The van der Waals surface area contributed by atoms with Crippen LogP contribution in [0.5, 0.6) is 0 Å². The van der Waals surface area contributed by atoms with Crippen LogP contribution in [0.1, 0.15) is 10.6 Å². The summed E-state index contributed by atoms with van der Waals surface area (Å²) in [4.78, 5) is 32.6. The van der Waals surface area contributed by atoms with E-state index in [9.17, 15) is 25.0 Å². The third-order valence-electron chi connectivity index (χ3n) is 3.35. The van der Waals surface area contributed by atoms with Crippen molar-refractivity contribution in [3.05, 3.63) is 73.5 Å². The van der Waals surface area contributed by atoms with E-state index in [2.05, 4.69) is 5.32 Å². The Morgan fingerprint density at radius 3 is 2.44 bits per heavy atom. The van der Waals surface area contributed by atoms with E-state index in [-0.39, 0.29) is 16.5 Å². The second-order valence-electron chi connectivity index (χ2n) is 4.94. The van der Waals surface area contributed by atoms with E-state index in [1.165, 1.54) is 6.07 Å². The first-order chi connectivity index (χ1) is 11.9. The van der Waals surface area contributed by atoms with E-state index >= 15 is 0 Å². The smallest absolute Gasteiger partial charge is 0.301 e. The highest BCUT2D eigenvalue weighted by Crippen LogP contribution is 2.37. The molecule has 0 aliphatic rings. The van der Waals surface area contributed by atoms with E-state index in [1.807, 2.05) is 0 Å². The molecule has 0 spiro atoms. The van der Waals surface area contributed by atoms with E-state index in [1.54, 1.807) is 24.3 Å². The summed E-state index contributed by atoms with van der Waals surface area (Å²) in [6, 6.07) is 9.99. The molecule has 0 aliphatic carbocycles. The number of nitrogens with one attached hydrogen (secondary N) is 1. The molecule has 0 aliphatic heterocycles. The van der Waals surface area contributed by atoms with Crippen molar-refractivity contribution >= 4 is 45.5 Å². The Morgan fingerprint density at radius 1 is 1.08 bits per heavy atom. The molecule has 1 N–H and O–H groups in total. The number of anilines is 1. The number of nitro benzene ring substituents is 2. The zero-order valence-electron chi connectivity index (χ0n) is 12.3. The molecule has 126 valence electrons. The zero-order valence-corrected chi connectivity index (χ0v) is 13.0. The summed E-state index contributed by atoms with van der Waals surface area (Å²) in [5.74, 6) is -0.847. The molecule has 25 heavy (non-hydrogen) atoms. The van der Waals surface area contributed by atoms with Gasteiger partial charge in [-0.1, -0.05) is 29.8 Å². The van der Waals surface area contributed by atoms with E-state index < -0.39 is 27.1 Å². The second kappa shape index (κ2) is 6.21. The SMILES string of the molecule is O=C(Nc1c(Cl)cc([N+](=O)[O-])cc1[N+](=O)[O-])c1cc2ccccc2o1. The Labute approximate surface area is 144 Å². The lowest BCUT2D eigenvalue weighted by molar-refractivity contribution is -0.393. The summed E-state index contributed by atoms with van der Waals surface area (Å²) in [7, 11) is 0. The number of amides is 1. The van der Waals surface area contributed by atoms with Crippen molar-refractivity contribution in [2.24, 2.45) is 0 Å². The lowest BCUT2D eigenvalue weighted by Crippen LogP contribution is -2.13. The Bertz CT molecular complexity index is 996. The molecule has 0 unspecified atom stereocenters. The molecule has 0 saturated heterocycles. The van der Waals surface area contributed by atoms with Crippen molar-refractivity contribution in [3.8, 4) is 0 Å². The molecule has 10 heteroatoms. The first kappa shape index (κ1) is 16.4. The molecular weight excluding hydrogens is 354 g/mol. The largest absolute Gasteiger partial charge is 0.451 e. The van der Waals surface area contributed by atoms with E-state index in [0.717, 1.165) is 12.1 Å². The predicted octanol–water partition coefficient (Wildman–Crippen LogP) is 4.15. The molecule has 0 saturated carbocycles. The van der Waals surface area contributed by atoms with Gasteiger partial charge in [-0.15, -0.1) is 0 Å². The average Bonchev–Trinajstić information content (AvgIpc) is 3.00. The number of non-ortho nitro benzene ring substituents is 1. The maximum Gasteiger partial charge on any atom is 0.301 e. The first-order valence-electron chi connectivity index (χ1n) is 6.79. The van der Waals surface area contributed by atoms with Gasteiger partial charge in [0, 0.05) is 11.5 Å². The summed E-state index contributed by atoms with van der Waals surface area (Å²) in [5, 5.41) is 24.6. The fraction of sp³-hybridized carbons (Fsp3) is 0. The normalized spacial score (nSPS) is 10.6. The molecule has 1 heterocycles. The van der Waals surface area contributed by atoms with Gasteiger partial charge in [-0.2, -0.15) is 0 Å². The molecule has 0 fully saturated rings. The van der Waals surface area contributed by atoms with Crippen molar-refractivity contribution < 1.29 is 19.1 Å². The van der Waals surface area contributed by atoms with Crippen LogP contribution in [0.2, 0.25) is 5.02 Å². The minimum absolute atomic E-state index is 0.0788. The summed E-state index contributed by atoms with van der Waals surface area (Å²) in [5.41, 5.74) is -1.12. The summed E-state index contributed by atoms with van der Waals surface area (Å²) in [6.45, 7) is 0. The van der Waals surface area contributed by atoms with Crippen LogP contribution in [0, 0.1) is 20.2 Å². The number of rotatable bonds is 4. The number of fused-ring (bicyclic) bond motifs is 1. The molecule has 3 aromatic rings. The molecular formula is C15H8ClN3O6. The molecule has 0 bridgehead atoms. The molecule has 1 amide bonds. The Hall–Kier alpha value is -3.46. The van der Waals surface area contributed by atoms with Crippen LogP contribution in [-0.2, 0) is 0 Å². The highest BCUT2D eigenvalue weighted by Gasteiger charge is 2.26. The van der Waals surface area contributed by atoms with Crippen LogP contribution in [0.15, 0.2) is 46.9 Å². The fourth-order valence-corrected chi connectivity index (χ4v) is 2.48. The van der Waals surface area contributed by atoms with Crippen molar-refractivity contribution in [1.29, 1.82) is 0 Å². The third-order valence-corrected chi connectivity index (χ3v) is 3.65. The van der Waals surface area contributed by atoms with Gasteiger partial charge >= 0.3 is 5.69 Å². The predicted molar refractivity (Wildman–Crippen MR) is 88.9 cm³/mol. The van der Waals surface area contributed by atoms with Crippen LogP contribution in [0.3, 0.4) is 0 Å². The zero-order chi connectivity index (χ0) is 18.1. The maximum atomic E-state index is 12.3. The number of para-hydroxylation sites is 1. The molecule has 0 atom stereocenters. The van der Waals surface area contributed by atoms with Gasteiger partial charge in [0.2, 0.25) is 0 Å². The van der Waals surface area contributed by atoms with Crippen LogP contribution in [0.25, 0.3) is 11.0 Å². The van der Waals surface area contributed by atoms with Gasteiger partial charge < -0.3 is 9.73 Å². The standard InChI is InChI=1S/C15H8ClN3O6/c16-10-6-9(18(21)22)7-11(19(23)24)14(10)17-15(20)13-5-8-3-1-2-4-12(8)25-13/h1-7H,(H,17,20). The van der Waals surface area contributed by atoms with Gasteiger partial charge in [-0.25, -0.2) is 0 Å². The Morgan fingerprint density at radius 2 is 1.80 bits per heavy atom. The molecule has 3 rings (SSSR count). The number of carbonyl (C=O) groups is 1. The quantitative estimate of drug-likeness (QED) is 0.548. The van der Waals surface area contributed by atoms with E-state index in [4.69, 9.17) is 16.0 Å². The van der Waals surface area contributed by atoms with Crippen LogP contribution >= 0.6 is 11.6 Å². The minimum atomic E-state index is -0.868. The van der Waals surface area contributed by atoms with Gasteiger partial charge in [-0.3, -0.25) is 25.0 Å². The van der Waals surface area contributed by atoms with Gasteiger partial charge in [0.25, 0.3) is 11.6 Å².